The minimum absolute atomic E-state index is 0.233. The molecule has 4 rings (SSSR count). The molecule has 1 heterocycles. The molecule has 3 aromatic rings. The van der Waals surface area contributed by atoms with E-state index in [0.717, 1.165) is 5.56 Å². The maximum absolute atomic E-state index is 14.5. The van der Waals surface area contributed by atoms with Crippen molar-refractivity contribution < 1.29 is 23.7 Å². The summed E-state index contributed by atoms with van der Waals surface area (Å²) in [5.41, 5.74) is 1.36. The highest BCUT2D eigenvalue weighted by Crippen LogP contribution is 2.38. The van der Waals surface area contributed by atoms with Crippen LogP contribution in [-0.2, 0) is 6.54 Å². The third-order valence-corrected chi connectivity index (χ3v) is 6.08. The molecule has 1 aliphatic carbocycles. The fourth-order valence-corrected chi connectivity index (χ4v) is 4.30. The standard InChI is InChI=1S/C25H27ClFN3O4/c1-25(31)11-15(12-25)14-34-24-22(28-13-16-4-6-18(32-2)9-23(16)33-3)10-21(29-30-24)19-8-17(26)5-7-20(19)27/h4-10,15,31H,11-14H2,1-3H3,(H,28,29). The van der Waals surface area contributed by atoms with Crippen molar-refractivity contribution >= 4 is 17.3 Å². The van der Waals surface area contributed by atoms with Gasteiger partial charge < -0.3 is 24.6 Å². The van der Waals surface area contributed by atoms with Gasteiger partial charge in [0.25, 0.3) is 5.88 Å². The van der Waals surface area contributed by atoms with Crippen LogP contribution < -0.4 is 19.5 Å². The zero-order chi connectivity index (χ0) is 24.3. The van der Waals surface area contributed by atoms with Crippen LogP contribution in [-0.4, -0.2) is 41.7 Å². The van der Waals surface area contributed by atoms with Crippen LogP contribution in [0.3, 0.4) is 0 Å². The Bertz CT molecular complexity index is 1170. The molecule has 1 aromatic heterocycles. The van der Waals surface area contributed by atoms with E-state index in [4.69, 9.17) is 25.8 Å². The van der Waals surface area contributed by atoms with E-state index < -0.39 is 11.4 Å². The Balaban J connectivity index is 1.59. The van der Waals surface area contributed by atoms with E-state index in [-0.39, 0.29) is 11.5 Å². The lowest BCUT2D eigenvalue weighted by atomic mass is 9.73. The highest BCUT2D eigenvalue weighted by Gasteiger charge is 2.38. The van der Waals surface area contributed by atoms with Crippen LogP contribution in [0.1, 0.15) is 25.3 Å². The van der Waals surface area contributed by atoms with E-state index in [0.29, 0.717) is 59.8 Å². The van der Waals surface area contributed by atoms with Crippen molar-refractivity contribution in [3.05, 3.63) is 58.9 Å². The van der Waals surface area contributed by atoms with Gasteiger partial charge in [-0.25, -0.2) is 4.39 Å². The third kappa shape index (κ3) is 5.51. The van der Waals surface area contributed by atoms with Crippen LogP contribution in [0.2, 0.25) is 5.02 Å². The Labute approximate surface area is 202 Å². The Morgan fingerprint density at radius 1 is 1.12 bits per heavy atom. The summed E-state index contributed by atoms with van der Waals surface area (Å²) in [6, 6.07) is 11.5. The number of aromatic nitrogens is 2. The number of nitrogens with zero attached hydrogens (tertiary/aromatic N) is 2. The number of methoxy groups -OCH3 is 2. The molecule has 2 aromatic carbocycles. The number of hydrogen-bond donors (Lipinski definition) is 2. The van der Waals surface area contributed by atoms with E-state index in [1.165, 1.54) is 18.2 Å². The molecule has 0 aliphatic heterocycles. The van der Waals surface area contributed by atoms with E-state index in [1.54, 1.807) is 26.4 Å². The smallest absolute Gasteiger partial charge is 0.257 e. The molecule has 34 heavy (non-hydrogen) atoms. The lowest BCUT2D eigenvalue weighted by Gasteiger charge is -2.40. The topological polar surface area (TPSA) is 85.7 Å². The number of ether oxygens (including phenoxy) is 3. The zero-order valence-electron chi connectivity index (χ0n) is 19.3. The SMILES string of the molecule is COc1ccc(CNc2cc(-c3cc(Cl)ccc3F)nnc2OCC2CC(C)(O)C2)c(OC)c1. The largest absolute Gasteiger partial charge is 0.497 e. The quantitative estimate of drug-likeness (QED) is 0.434. The molecule has 0 amide bonds. The van der Waals surface area contributed by atoms with Gasteiger partial charge in [0.1, 0.15) is 23.0 Å². The van der Waals surface area contributed by atoms with Gasteiger partial charge in [-0.3, -0.25) is 0 Å². The van der Waals surface area contributed by atoms with Crippen molar-refractivity contribution in [2.75, 3.05) is 26.1 Å². The molecule has 0 atom stereocenters. The molecule has 0 saturated heterocycles. The van der Waals surface area contributed by atoms with Crippen molar-refractivity contribution in [3.63, 3.8) is 0 Å². The molecule has 2 N–H and O–H groups in total. The van der Waals surface area contributed by atoms with Gasteiger partial charge in [0.15, 0.2) is 0 Å². The second kappa shape index (κ2) is 10.0. The van der Waals surface area contributed by atoms with E-state index in [1.807, 2.05) is 19.1 Å². The Morgan fingerprint density at radius 2 is 1.91 bits per heavy atom. The summed E-state index contributed by atoms with van der Waals surface area (Å²) in [4.78, 5) is 0. The Kier molecular flexibility index (Phi) is 7.09. The molecule has 9 heteroatoms. The highest BCUT2D eigenvalue weighted by atomic mass is 35.5. The van der Waals surface area contributed by atoms with Crippen LogP contribution in [0, 0.1) is 11.7 Å². The molecule has 1 aliphatic rings. The van der Waals surface area contributed by atoms with Crippen molar-refractivity contribution in [3.8, 4) is 28.6 Å². The van der Waals surface area contributed by atoms with E-state index in [9.17, 15) is 9.50 Å². The fourth-order valence-electron chi connectivity index (χ4n) is 4.13. The summed E-state index contributed by atoms with van der Waals surface area (Å²) in [7, 11) is 3.19. The fraction of sp³-hybridized carbons (Fsp3) is 0.360. The number of hydrogen-bond acceptors (Lipinski definition) is 7. The molecule has 0 radical (unpaired) electrons. The minimum atomic E-state index is -0.639. The average molecular weight is 488 g/mol. The van der Waals surface area contributed by atoms with Crippen LogP contribution >= 0.6 is 11.6 Å². The number of aliphatic hydroxyl groups is 1. The number of nitrogens with one attached hydrogen (secondary N) is 1. The van der Waals surface area contributed by atoms with Gasteiger partial charge in [-0.15, -0.1) is 10.2 Å². The average Bonchev–Trinajstić information content (AvgIpc) is 2.81. The molecule has 0 unspecified atom stereocenters. The normalized spacial score (nSPS) is 19.3. The molecule has 7 nitrogen and oxygen atoms in total. The van der Waals surface area contributed by atoms with Crippen molar-refractivity contribution in [1.82, 2.24) is 10.2 Å². The first-order valence-corrected chi connectivity index (χ1v) is 11.3. The predicted octanol–water partition coefficient (Wildman–Crippen LogP) is 5.11. The monoisotopic (exact) mass is 487 g/mol. The highest BCUT2D eigenvalue weighted by molar-refractivity contribution is 6.30. The molecule has 0 bridgehead atoms. The number of rotatable bonds is 9. The first kappa shape index (κ1) is 24.0. The molecular weight excluding hydrogens is 461 g/mol. The van der Waals surface area contributed by atoms with Gasteiger partial charge in [-0.1, -0.05) is 11.6 Å². The van der Waals surface area contributed by atoms with Gasteiger partial charge in [0.2, 0.25) is 0 Å². The second-order valence-corrected chi connectivity index (χ2v) is 9.12. The first-order chi connectivity index (χ1) is 16.3. The first-order valence-electron chi connectivity index (χ1n) is 10.9. The van der Waals surface area contributed by atoms with Crippen LogP contribution in [0.15, 0.2) is 42.5 Å². The van der Waals surface area contributed by atoms with Gasteiger partial charge in [-0.2, -0.15) is 0 Å². The van der Waals surface area contributed by atoms with Crippen LogP contribution in [0.25, 0.3) is 11.3 Å². The zero-order valence-corrected chi connectivity index (χ0v) is 20.0. The lowest BCUT2D eigenvalue weighted by molar-refractivity contribution is -0.0694. The molecular formula is C25H27ClFN3O4. The maximum atomic E-state index is 14.5. The summed E-state index contributed by atoms with van der Waals surface area (Å²) >= 11 is 6.07. The lowest BCUT2D eigenvalue weighted by Crippen LogP contribution is -2.43. The van der Waals surface area contributed by atoms with Gasteiger partial charge >= 0.3 is 0 Å². The molecule has 1 fully saturated rings. The number of halogens is 2. The summed E-state index contributed by atoms with van der Waals surface area (Å²) in [5.74, 6) is 1.42. The Morgan fingerprint density at radius 3 is 2.62 bits per heavy atom. The van der Waals surface area contributed by atoms with E-state index in [2.05, 4.69) is 15.5 Å². The summed E-state index contributed by atoms with van der Waals surface area (Å²) < 4.78 is 31.1. The molecule has 0 spiro atoms. The second-order valence-electron chi connectivity index (χ2n) is 8.69. The van der Waals surface area contributed by atoms with Crippen LogP contribution in [0.5, 0.6) is 17.4 Å². The van der Waals surface area contributed by atoms with Crippen molar-refractivity contribution in [2.45, 2.75) is 31.9 Å². The van der Waals surface area contributed by atoms with Crippen LogP contribution in [0.4, 0.5) is 10.1 Å². The third-order valence-electron chi connectivity index (χ3n) is 5.84. The van der Waals surface area contributed by atoms with Gasteiger partial charge in [0.05, 0.1) is 32.1 Å². The van der Waals surface area contributed by atoms with Crippen molar-refractivity contribution in [1.29, 1.82) is 0 Å². The number of benzene rings is 2. The van der Waals surface area contributed by atoms with E-state index >= 15 is 0 Å². The predicted molar refractivity (Wildman–Crippen MR) is 128 cm³/mol. The van der Waals surface area contributed by atoms with Gasteiger partial charge in [-0.05, 0) is 62.1 Å². The minimum Gasteiger partial charge on any atom is -0.497 e. The van der Waals surface area contributed by atoms with Crippen molar-refractivity contribution in [2.24, 2.45) is 5.92 Å². The molecule has 180 valence electrons. The Hall–Kier alpha value is -3.10. The summed E-state index contributed by atoms with van der Waals surface area (Å²) in [6.07, 6.45) is 1.33. The summed E-state index contributed by atoms with van der Waals surface area (Å²) in [6.45, 7) is 2.61. The number of anilines is 1. The van der Waals surface area contributed by atoms with Gasteiger partial charge in [0, 0.05) is 28.8 Å². The maximum Gasteiger partial charge on any atom is 0.257 e. The molecule has 1 saturated carbocycles. The summed E-state index contributed by atoms with van der Waals surface area (Å²) in [5, 5.41) is 22.1.